The minimum atomic E-state index is -1.60. The van der Waals surface area contributed by atoms with Gasteiger partial charge in [-0.15, -0.1) is 0 Å². The van der Waals surface area contributed by atoms with Gasteiger partial charge in [0.1, 0.15) is 0 Å². The highest BCUT2D eigenvalue weighted by atomic mass is 19.2. The quantitative estimate of drug-likeness (QED) is 0.793. The summed E-state index contributed by atoms with van der Waals surface area (Å²) in [7, 11) is 0. The number of piperazine rings is 1. The second-order valence-corrected chi connectivity index (χ2v) is 6.09. The highest BCUT2D eigenvalue weighted by Gasteiger charge is 2.26. The van der Waals surface area contributed by atoms with Crippen molar-refractivity contribution in [3.8, 4) is 0 Å². The van der Waals surface area contributed by atoms with E-state index >= 15 is 0 Å². The number of nitrogens with zero attached hydrogens (tertiary/aromatic N) is 2. The number of hydrogen-bond donors (Lipinski definition) is 0. The molecule has 1 aliphatic heterocycles. The zero-order valence-electron chi connectivity index (χ0n) is 13.7. The van der Waals surface area contributed by atoms with Gasteiger partial charge in [0.25, 0.3) is 5.91 Å². The summed E-state index contributed by atoms with van der Waals surface area (Å²) in [5.74, 6) is -4.91. The van der Waals surface area contributed by atoms with Crippen LogP contribution < -0.4 is 0 Å². The van der Waals surface area contributed by atoms with Crippen molar-refractivity contribution in [1.82, 2.24) is 9.80 Å². The summed E-state index contributed by atoms with van der Waals surface area (Å²) >= 11 is 0. The van der Waals surface area contributed by atoms with Gasteiger partial charge < -0.3 is 4.90 Å². The first-order valence-corrected chi connectivity index (χ1v) is 8.25. The second kappa shape index (κ2) is 7.70. The van der Waals surface area contributed by atoms with Crippen molar-refractivity contribution in [3.63, 3.8) is 0 Å². The zero-order chi connectivity index (χ0) is 17.8. The normalized spacial score (nSPS) is 15.4. The van der Waals surface area contributed by atoms with Crippen molar-refractivity contribution in [2.24, 2.45) is 0 Å². The molecule has 25 heavy (non-hydrogen) atoms. The van der Waals surface area contributed by atoms with Crippen LogP contribution in [-0.2, 0) is 6.42 Å². The van der Waals surface area contributed by atoms with Crippen molar-refractivity contribution < 1.29 is 18.0 Å². The van der Waals surface area contributed by atoms with Crippen LogP contribution >= 0.6 is 0 Å². The molecule has 0 bridgehead atoms. The predicted octanol–water partition coefficient (Wildman–Crippen LogP) is 3.10. The standard InChI is InChI=1S/C19H19F3N2O/c20-16-7-6-15(17(21)18(16)22)19(25)24-12-10-23(11-13-24)9-8-14-4-2-1-3-5-14/h1-7H,8-13H2. The maximum absolute atomic E-state index is 13.8. The lowest BCUT2D eigenvalue weighted by Crippen LogP contribution is -2.49. The Hall–Kier alpha value is -2.34. The van der Waals surface area contributed by atoms with E-state index in [0.717, 1.165) is 25.1 Å². The summed E-state index contributed by atoms with van der Waals surface area (Å²) in [4.78, 5) is 16.1. The van der Waals surface area contributed by atoms with Gasteiger partial charge in [0.2, 0.25) is 0 Å². The largest absolute Gasteiger partial charge is 0.336 e. The summed E-state index contributed by atoms with van der Waals surface area (Å²) in [5.41, 5.74) is 0.835. The topological polar surface area (TPSA) is 23.6 Å². The Labute approximate surface area is 144 Å². The van der Waals surface area contributed by atoms with Gasteiger partial charge in [-0.25, -0.2) is 13.2 Å². The molecule has 2 aromatic rings. The van der Waals surface area contributed by atoms with E-state index in [2.05, 4.69) is 17.0 Å². The Bertz CT molecular complexity index is 744. The molecule has 0 atom stereocenters. The number of amides is 1. The molecule has 132 valence electrons. The first-order valence-electron chi connectivity index (χ1n) is 8.25. The molecule has 0 spiro atoms. The lowest BCUT2D eigenvalue weighted by Gasteiger charge is -2.34. The number of rotatable bonds is 4. The highest BCUT2D eigenvalue weighted by Crippen LogP contribution is 2.18. The lowest BCUT2D eigenvalue weighted by atomic mass is 10.1. The van der Waals surface area contributed by atoms with Crippen molar-refractivity contribution in [2.45, 2.75) is 6.42 Å². The van der Waals surface area contributed by atoms with Gasteiger partial charge in [-0.2, -0.15) is 0 Å². The smallest absolute Gasteiger partial charge is 0.257 e. The van der Waals surface area contributed by atoms with E-state index in [4.69, 9.17) is 0 Å². The molecule has 3 rings (SSSR count). The highest BCUT2D eigenvalue weighted by molar-refractivity contribution is 5.94. The molecule has 0 aromatic heterocycles. The van der Waals surface area contributed by atoms with Crippen LogP contribution in [0.5, 0.6) is 0 Å². The Kier molecular flexibility index (Phi) is 5.38. The lowest BCUT2D eigenvalue weighted by molar-refractivity contribution is 0.0632. The van der Waals surface area contributed by atoms with E-state index in [1.54, 1.807) is 0 Å². The molecule has 0 unspecified atom stereocenters. The van der Waals surface area contributed by atoms with Crippen LogP contribution in [0.25, 0.3) is 0 Å². The number of hydrogen-bond acceptors (Lipinski definition) is 2. The fourth-order valence-electron chi connectivity index (χ4n) is 2.97. The fourth-order valence-corrected chi connectivity index (χ4v) is 2.97. The summed E-state index contributed by atoms with van der Waals surface area (Å²) in [6, 6.07) is 11.9. The molecule has 0 N–H and O–H groups in total. The van der Waals surface area contributed by atoms with E-state index in [1.165, 1.54) is 10.5 Å². The van der Waals surface area contributed by atoms with Crippen LogP contribution in [0.2, 0.25) is 0 Å². The zero-order valence-corrected chi connectivity index (χ0v) is 13.7. The number of carbonyl (C=O) groups is 1. The van der Waals surface area contributed by atoms with Crippen molar-refractivity contribution in [1.29, 1.82) is 0 Å². The summed E-state index contributed by atoms with van der Waals surface area (Å²) < 4.78 is 40.1. The van der Waals surface area contributed by atoms with Crippen LogP contribution in [0.3, 0.4) is 0 Å². The first kappa shape index (κ1) is 17.5. The van der Waals surface area contributed by atoms with Crippen molar-refractivity contribution in [3.05, 3.63) is 71.0 Å². The number of benzene rings is 2. The minimum absolute atomic E-state index is 0.420. The van der Waals surface area contributed by atoms with Gasteiger partial charge >= 0.3 is 0 Å². The molecule has 0 saturated carbocycles. The third kappa shape index (κ3) is 4.02. The molecule has 1 heterocycles. The third-order valence-electron chi connectivity index (χ3n) is 4.48. The molecule has 0 radical (unpaired) electrons. The van der Waals surface area contributed by atoms with Gasteiger partial charge in [0, 0.05) is 32.7 Å². The molecular weight excluding hydrogens is 329 g/mol. The van der Waals surface area contributed by atoms with Gasteiger partial charge in [-0.1, -0.05) is 30.3 Å². The number of carbonyl (C=O) groups excluding carboxylic acids is 1. The van der Waals surface area contributed by atoms with E-state index < -0.39 is 28.9 Å². The van der Waals surface area contributed by atoms with Crippen LogP contribution in [0, 0.1) is 17.5 Å². The third-order valence-corrected chi connectivity index (χ3v) is 4.48. The maximum atomic E-state index is 13.8. The van der Waals surface area contributed by atoms with Crippen molar-refractivity contribution >= 4 is 5.91 Å². The van der Waals surface area contributed by atoms with Crippen LogP contribution in [0.1, 0.15) is 15.9 Å². The van der Waals surface area contributed by atoms with Crippen LogP contribution in [-0.4, -0.2) is 48.4 Å². The molecule has 2 aromatic carbocycles. The molecule has 1 saturated heterocycles. The average molecular weight is 348 g/mol. The summed E-state index contributed by atoms with van der Waals surface area (Å²) in [6.45, 7) is 3.09. The first-order chi connectivity index (χ1) is 12.1. The van der Waals surface area contributed by atoms with Crippen LogP contribution in [0.15, 0.2) is 42.5 Å². The van der Waals surface area contributed by atoms with Gasteiger partial charge in [-0.3, -0.25) is 9.69 Å². The molecule has 1 aliphatic rings. The Morgan fingerprint density at radius 2 is 1.56 bits per heavy atom. The van der Waals surface area contributed by atoms with Crippen LogP contribution in [0.4, 0.5) is 13.2 Å². The Morgan fingerprint density at radius 3 is 2.24 bits per heavy atom. The fraction of sp³-hybridized carbons (Fsp3) is 0.316. The maximum Gasteiger partial charge on any atom is 0.257 e. The minimum Gasteiger partial charge on any atom is -0.336 e. The average Bonchev–Trinajstić information content (AvgIpc) is 2.65. The van der Waals surface area contributed by atoms with E-state index in [0.29, 0.717) is 26.2 Å². The van der Waals surface area contributed by atoms with Crippen molar-refractivity contribution in [2.75, 3.05) is 32.7 Å². The Balaban J connectivity index is 1.55. The van der Waals surface area contributed by atoms with E-state index in [-0.39, 0.29) is 0 Å². The molecule has 3 nitrogen and oxygen atoms in total. The molecule has 1 fully saturated rings. The second-order valence-electron chi connectivity index (χ2n) is 6.09. The monoisotopic (exact) mass is 348 g/mol. The van der Waals surface area contributed by atoms with Gasteiger partial charge in [0.05, 0.1) is 5.56 Å². The Morgan fingerprint density at radius 1 is 0.880 bits per heavy atom. The predicted molar refractivity (Wildman–Crippen MR) is 88.8 cm³/mol. The van der Waals surface area contributed by atoms with Gasteiger partial charge in [-0.05, 0) is 24.1 Å². The molecule has 0 aliphatic carbocycles. The van der Waals surface area contributed by atoms with E-state index in [9.17, 15) is 18.0 Å². The molecule has 6 heteroatoms. The SMILES string of the molecule is O=C(c1ccc(F)c(F)c1F)N1CCN(CCc2ccccc2)CC1. The summed E-state index contributed by atoms with van der Waals surface area (Å²) in [6.07, 6.45) is 0.923. The van der Waals surface area contributed by atoms with E-state index in [1.807, 2.05) is 18.2 Å². The summed E-state index contributed by atoms with van der Waals surface area (Å²) in [5, 5.41) is 0. The molecule has 1 amide bonds. The van der Waals surface area contributed by atoms with Gasteiger partial charge in [0.15, 0.2) is 17.5 Å². The number of halogens is 3. The molecular formula is C19H19F3N2O.